The van der Waals surface area contributed by atoms with Gasteiger partial charge in [0.05, 0.1) is 6.42 Å². The third-order valence-corrected chi connectivity index (χ3v) is 3.12. The number of aromatic nitrogens is 2. The molecule has 2 N–H and O–H groups in total. The molecular formula is C11H10F3N3OS. The van der Waals surface area contributed by atoms with E-state index in [1.54, 1.807) is 18.2 Å². The van der Waals surface area contributed by atoms with Crippen molar-refractivity contribution < 1.29 is 18.3 Å². The lowest BCUT2D eigenvalue weighted by Crippen LogP contribution is -2.11. The number of aromatic hydroxyl groups is 1. The molecule has 2 rings (SSSR count). The number of anilines is 1. The molecule has 0 unspecified atom stereocenters. The molecule has 0 atom stereocenters. The minimum Gasteiger partial charge on any atom is -0.508 e. The van der Waals surface area contributed by atoms with Crippen molar-refractivity contribution in [2.24, 2.45) is 0 Å². The van der Waals surface area contributed by atoms with E-state index in [-0.39, 0.29) is 17.3 Å². The zero-order valence-electron chi connectivity index (χ0n) is 9.61. The molecule has 4 nitrogen and oxygen atoms in total. The van der Waals surface area contributed by atoms with Crippen LogP contribution in [0.2, 0.25) is 0 Å². The van der Waals surface area contributed by atoms with Crippen LogP contribution in [0.1, 0.15) is 10.6 Å². The Hall–Kier alpha value is -1.83. The molecule has 1 aromatic carbocycles. The summed E-state index contributed by atoms with van der Waals surface area (Å²) in [6.07, 6.45) is -5.36. The van der Waals surface area contributed by atoms with Crippen LogP contribution < -0.4 is 5.32 Å². The highest BCUT2D eigenvalue weighted by Gasteiger charge is 2.29. The molecule has 102 valence electrons. The van der Waals surface area contributed by atoms with E-state index in [0.717, 1.165) is 11.3 Å². The molecule has 1 aromatic heterocycles. The number of nitrogens with zero attached hydrogens (tertiary/aromatic N) is 2. The SMILES string of the molecule is Oc1ccccc1CNc1nnc(CC(F)(F)F)s1. The molecule has 1 heterocycles. The summed E-state index contributed by atoms with van der Waals surface area (Å²) in [4.78, 5) is 0. The van der Waals surface area contributed by atoms with Gasteiger partial charge in [-0.25, -0.2) is 0 Å². The van der Waals surface area contributed by atoms with E-state index in [1.807, 2.05) is 0 Å². The third-order valence-electron chi connectivity index (χ3n) is 2.24. The van der Waals surface area contributed by atoms with Crippen molar-refractivity contribution in [3.8, 4) is 5.75 Å². The quantitative estimate of drug-likeness (QED) is 0.908. The number of phenolic OH excluding ortho intramolecular Hbond substituents is 1. The molecule has 0 fully saturated rings. The van der Waals surface area contributed by atoms with Gasteiger partial charge in [-0.1, -0.05) is 29.5 Å². The Bertz CT molecular complexity index is 556. The Balaban J connectivity index is 1.96. The number of benzene rings is 1. The van der Waals surface area contributed by atoms with Gasteiger partial charge in [0.25, 0.3) is 0 Å². The highest BCUT2D eigenvalue weighted by molar-refractivity contribution is 7.15. The van der Waals surface area contributed by atoms with Gasteiger partial charge < -0.3 is 10.4 Å². The molecule has 0 radical (unpaired) electrons. The molecule has 2 aromatic rings. The lowest BCUT2D eigenvalue weighted by molar-refractivity contribution is -0.127. The lowest BCUT2D eigenvalue weighted by atomic mass is 10.2. The standard InChI is InChI=1S/C11H10F3N3OS/c12-11(13,14)5-9-16-17-10(19-9)15-6-7-3-1-2-4-8(7)18/h1-4,18H,5-6H2,(H,15,17). The number of hydrogen-bond acceptors (Lipinski definition) is 5. The van der Waals surface area contributed by atoms with Crippen LogP contribution in [0, 0.1) is 0 Å². The minimum absolute atomic E-state index is 0.0905. The fourth-order valence-corrected chi connectivity index (χ4v) is 2.17. The zero-order chi connectivity index (χ0) is 13.9. The smallest absolute Gasteiger partial charge is 0.395 e. The molecule has 0 aliphatic heterocycles. The van der Waals surface area contributed by atoms with Gasteiger partial charge in [0, 0.05) is 12.1 Å². The molecule has 0 amide bonds. The Morgan fingerprint density at radius 1 is 1.21 bits per heavy atom. The lowest BCUT2D eigenvalue weighted by Gasteiger charge is -2.04. The number of rotatable bonds is 4. The van der Waals surface area contributed by atoms with Crippen molar-refractivity contribution in [1.82, 2.24) is 10.2 Å². The maximum atomic E-state index is 12.1. The summed E-state index contributed by atoms with van der Waals surface area (Å²) in [5.41, 5.74) is 0.634. The summed E-state index contributed by atoms with van der Waals surface area (Å²) >= 11 is 0.850. The summed E-state index contributed by atoms with van der Waals surface area (Å²) in [5, 5.41) is 19.6. The van der Waals surface area contributed by atoms with Crippen LogP contribution in [-0.4, -0.2) is 21.5 Å². The van der Waals surface area contributed by atoms with E-state index in [2.05, 4.69) is 15.5 Å². The normalized spacial score (nSPS) is 11.5. The number of phenols is 1. The number of hydrogen-bond donors (Lipinski definition) is 2. The maximum Gasteiger partial charge on any atom is 0.395 e. The topological polar surface area (TPSA) is 58.0 Å². The molecule has 0 saturated carbocycles. The Kier molecular flexibility index (Phi) is 3.89. The van der Waals surface area contributed by atoms with Crippen molar-refractivity contribution >= 4 is 16.5 Å². The second-order valence-corrected chi connectivity index (χ2v) is 4.84. The van der Waals surface area contributed by atoms with Crippen molar-refractivity contribution in [2.45, 2.75) is 19.1 Å². The van der Waals surface area contributed by atoms with Crippen LogP contribution in [0.5, 0.6) is 5.75 Å². The summed E-state index contributed by atoms with van der Waals surface area (Å²) in [6, 6.07) is 6.68. The van der Waals surface area contributed by atoms with Crippen molar-refractivity contribution in [1.29, 1.82) is 0 Å². The molecule has 0 spiro atoms. The molecule has 0 aliphatic carbocycles. The van der Waals surface area contributed by atoms with Gasteiger partial charge in [0.2, 0.25) is 5.13 Å². The first-order valence-corrected chi connectivity index (χ1v) is 6.15. The van der Waals surface area contributed by atoms with E-state index in [4.69, 9.17) is 0 Å². The molecule has 8 heteroatoms. The van der Waals surface area contributed by atoms with Gasteiger partial charge in [-0.15, -0.1) is 10.2 Å². The van der Waals surface area contributed by atoms with Crippen LogP contribution in [0.15, 0.2) is 24.3 Å². The molecular weight excluding hydrogens is 279 g/mol. The van der Waals surface area contributed by atoms with E-state index in [9.17, 15) is 18.3 Å². The second-order valence-electron chi connectivity index (χ2n) is 3.78. The monoisotopic (exact) mass is 289 g/mol. The maximum absolute atomic E-state index is 12.1. The number of alkyl halides is 3. The second kappa shape index (κ2) is 5.43. The first-order chi connectivity index (χ1) is 8.94. The van der Waals surface area contributed by atoms with E-state index in [1.165, 1.54) is 6.07 Å². The van der Waals surface area contributed by atoms with E-state index >= 15 is 0 Å². The fourth-order valence-electron chi connectivity index (χ4n) is 1.40. The van der Waals surface area contributed by atoms with Crippen LogP contribution in [0.4, 0.5) is 18.3 Å². The minimum atomic E-state index is -4.28. The summed E-state index contributed by atoms with van der Waals surface area (Å²) in [7, 11) is 0. The third kappa shape index (κ3) is 4.09. The van der Waals surface area contributed by atoms with Crippen LogP contribution in [0.25, 0.3) is 0 Å². The van der Waals surface area contributed by atoms with Crippen molar-refractivity contribution in [3.05, 3.63) is 34.8 Å². The van der Waals surface area contributed by atoms with E-state index in [0.29, 0.717) is 10.7 Å². The number of halogens is 3. The average Bonchev–Trinajstić information content (AvgIpc) is 2.73. The zero-order valence-corrected chi connectivity index (χ0v) is 10.4. The fraction of sp³-hybridized carbons (Fsp3) is 0.273. The van der Waals surface area contributed by atoms with Crippen LogP contribution in [0.3, 0.4) is 0 Å². The van der Waals surface area contributed by atoms with Gasteiger partial charge in [-0.3, -0.25) is 0 Å². The number of nitrogens with one attached hydrogen (secondary N) is 1. The average molecular weight is 289 g/mol. The highest BCUT2D eigenvalue weighted by atomic mass is 32.1. The van der Waals surface area contributed by atoms with Gasteiger partial charge in [0.1, 0.15) is 10.8 Å². The summed E-state index contributed by atoms with van der Waals surface area (Å²) < 4.78 is 36.4. The largest absolute Gasteiger partial charge is 0.508 e. The van der Waals surface area contributed by atoms with Gasteiger partial charge in [-0.05, 0) is 6.07 Å². The highest BCUT2D eigenvalue weighted by Crippen LogP contribution is 2.25. The Labute approximate surface area is 110 Å². The predicted molar refractivity (Wildman–Crippen MR) is 65.1 cm³/mol. The summed E-state index contributed by atoms with van der Waals surface area (Å²) in [5.74, 6) is 0.120. The van der Waals surface area contributed by atoms with Crippen molar-refractivity contribution in [2.75, 3.05) is 5.32 Å². The van der Waals surface area contributed by atoms with Gasteiger partial charge in [-0.2, -0.15) is 13.2 Å². The Morgan fingerprint density at radius 2 is 1.95 bits per heavy atom. The predicted octanol–water partition coefficient (Wildman–Crippen LogP) is 2.96. The molecule has 0 aliphatic rings. The number of para-hydroxylation sites is 1. The first kappa shape index (κ1) is 13.6. The van der Waals surface area contributed by atoms with Gasteiger partial charge in [0.15, 0.2) is 0 Å². The van der Waals surface area contributed by atoms with Crippen molar-refractivity contribution in [3.63, 3.8) is 0 Å². The molecule has 0 saturated heterocycles. The Morgan fingerprint density at radius 3 is 2.63 bits per heavy atom. The van der Waals surface area contributed by atoms with E-state index < -0.39 is 12.6 Å². The molecule has 19 heavy (non-hydrogen) atoms. The molecule has 0 bridgehead atoms. The summed E-state index contributed by atoms with van der Waals surface area (Å²) in [6.45, 7) is 0.271. The van der Waals surface area contributed by atoms with Gasteiger partial charge >= 0.3 is 6.18 Å². The van der Waals surface area contributed by atoms with Crippen LogP contribution >= 0.6 is 11.3 Å². The first-order valence-electron chi connectivity index (χ1n) is 5.34. The van der Waals surface area contributed by atoms with Crippen LogP contribution in [-0.2, 0) is 13.0 Å².